The van der Waals surface area contributed by atoms with Crippen LogP contribution in [-0.4, -0.2) is 28.7 Å². The number of halogens is 1. The number of hydrogen-bond acceptors (Lipinski definition) is 4. The van der Waals surface area contributed by atoms with Crippen molar-refractivity contribution < 1.29 is 9.13 Å². The van der Waals surface area contributed by atoms with Gasteiger partial charge in [0, 0.05) is 12.7 Å². The van der Waals surface area contributed by atoms with Crippen molar-refractivity contribution in [3.8, 4) is 0 Å². The summed E-state index contributed by atoms with van der Waals surface area (Å²) in [6.45, 7) is 3.47. The number of nitrogens with zero attached hydrogens (tertiary/aromatic N) is 2. The third-order valence-electron chi connectivity index (χ3n) is 2.50. The zero-order chi connectivity index (χ0) is 10.7. The van der Waals surface area contributed by atoms with Gasteiger partial charge in [0.2, 0.25) is 5.95 Å². The SMILES string of the molecule is CC1(Nc2cc(F)ncn2)CCCOC1. The van der Waals surface area contributed by atoms with Crippen molar-refractivity contribution in [3.05, 3.63) is 18.3 Å². The Hall–Kier alpha value is -1.23. The maximum Gasteiger partial charge on any atom is 0.217 e. The van der Waals surface area contributed by atoms with Crippen molar-refractivity contribution in [2.24, 2.45) is 0 Å². The summed E-state index contributed by atoms with van der Waals surface area (Å²) in [6.07, 6.45) is 3.22. The van der Waals surface area contributed by atoms with E-state index in [4.69, 9.17) is 4.74 Å². The van der Waals surface area contributed by atoms with E-state index in [1.54, 1.807) is 0 Å². The van der Waals surface area contributed by atoms with E-state index in [2.05, 4.69) is 15.3 Å². The molecule has 0 spiro atoms. The Kier molecular flexibility index (Phi) is 2.81. The third kappa shape index (κ3) is 2.62. The fourth-order valence-electron chi connectivity index (χ4n) is 1.74. The van der Waals surface area contributed by atoms with Crippen LogP contribution in [0.25, 0.3) is 0 Å². The molecule has 1 atom stereocenters. The summed E-state index contributed by atoms with van der Waals surface area (Å²) in [5.41, 5.74) is -0.154. The third-order valence-corrected chi connectivity index (χ3v) is 2.50. The number of ether oxygens (including phenoxy) is 1. The highest BCUT2D eigenvalue weighted by Crippen LogP contribution is 2.22. The van der Waals surface area contributed by atoms with Crippen molar-refractivity contribution in [3.63, 3.8) is 0 Å². The average Bonchev–Trinajstić information content (AvgIpc) is 2.18. The van der Waals surface area contributed by atoms with E-state index >= 15 is 0 Å². The van der Waals surface area contributed by atoms with E-state index in [0.29, 0.717) is 12.4 Å². The van der Waals surface area contributed by atoms with Crippen molar-refractivity contribution in [2.45, 2.75) is 25.3 Å². The van der Waals surface area contributed by atoms with Crippen LogP contribution < -0.4 is 5.32 Å². The average molecular weight is 211 g/mol. The van der Waals surface area contributed by atoms with Crippen LogP contribution in [-0.2, 0) is 4.74 Å². The molecule has 4 nitrogen and oxygen atoms in total. The summed E-state index contributed by atoms with van der Waals surface area (Å²) in [7, 11) is 0. The van der Waals surface area contributed by atoms with Gasteiger partial charge in [-0.2, -0.15) is 4.39 Å². The topological polar surface area (TPSA) is 47.0 Å². The van der Waals surface area contributed by atoms with Gasteiger partial charge in [-0.3, -0.25) is 0 Å². The molecule has 1 N–H and O–H groups in total. The molecule has 0 radical (unpaired) electrons. The maximum atomic E-state index is 12.8. The Morgan fingerprint density at radius 1 is 1.53 bits per heavy atom. The zero-order valence-corrected chi connectivity index (χ0v) is 8.66. The molecule has 5 heteroatoms. The van der Waals surface area contributed by atoms with Gasteiger partial charge >= 0.3 is 0 Å². The molecule has 0 aromatic carbocycles. The predicted octanol–water partition coefficient (Wildman–Crippen LogP) is 1.60. The van der Waals surface area contributed by atoms with Crippen molar-refractivity contribution >= 4 is 5.82 Å². The Morgan fingerprint density at radius 2 is 2.40 bits per heavy atom. The van der Waals surface area contributed by atoms with Gasteiger partial charge in [-0.25, -0.2) is 9.97 Å². The molecular weight excluding hydrogens is 197 g/mol. The number of aromatic nitrogens is 2. The highest BCUT2D eigenvalue weighted by molar-refractivity contribution is 5.36. The van der Waals surface area contributed by atoms with Crippen molar-refractivity contribution in [2.75, 3.05) is 18.5 Å². The van der Waals surface area contributed by atoms with Gasteiger partial charge in [0.05, 0.1) is 12.1 Å². The Balaban J connectivity index is 2.06. The van der Waals surface area contributed by atoms with Crippen LogP contribution in [0.1, 0.15) is 19.8 Å². The molecule has 82 valence electrons. The van der Waals surface area contributed by atoms with Crippen LogP contribution in [0.2, 0.25) is 0 Å². The molecule has 1 aromatic heterocycles. The molecule has 1 aliphatic heterocycles. The van der Waals surface area contributed by atoms with Crippen LogP contribution in [0.15, 0.2) is 12.4 Å². The Morgan fingerprint density at radius 3 is 3.07 bits per heavy atom. The molecule has 1 fully saturated rings. The second kappa shape index (κ2) is 4.10. The summed E-state index contributed by atoms with van der Waals surface area (Å²) in [4.78, 5) is 7.37. The van der Waals surface area contributed by atoms with Crippen LogP contribution >= 0.6 is 0 Å². The van der Waals surface area contributed by atoms with E-state index in [0.717, 1.165) is 19.4 Å². The van der Waals surface area contributed by atoms with Crippen LogP contribution in [0, 0.1) is 5.95 Å². The largest absolute Gasteiger partial charge is 0.379 e. The molecule has 1 aliphatic rings. The van der Waals surface area contributed by atoms with Crippen molar-refractivity contribution in [1.82, 2.24) is 9.97 Å². The minimum Gasteiger partial charge on any atom is -0.379 e. The van der Waals surface area contributed by atoms with Gasteiger partial charge in [-0.05, 0) is 19.8 Å². The van der Waals surface area contributed by atoms with Crippen LogP contribution in [0.4, 0.5) is 10.2 Å². The number of rotatable bonds is 2. The molecule has 2 heterocycles. The fourth-order valence-corrected chi connectivity index (χ4v) is 1.74. The summed E-state index contributed by atoms with van der Waals surface area (Å²) in [5, 5.41) is 3.18. The van der Waals surface area contributed by atoms with Gasteiger partial charge in [-0.15, -0.1) is 0 Å². The molecule has 1 aromatic rings. The number of nitrogens with one attached hydrogen (secondary N) is 1. The summed E-state index contributed by atoms with van der Waals surface area (Å²) in [5.74, 6) is -0.0108. The van der Waals surface area contributed by atoms with Crippen LogP contribution in [0.5, 0.6) is 0 Å². The molecule has 0 aliphatic carbocycles. The monoisotopic (exact) mass is 211 g/mol. The van der Waals surface area contributed by atoms with E-state index < -0.39 is 5.95 Å². The molecule has 1 saturated heterocycles. The van der Waals surface area contributed by atoms with E-state index in [1.807, 2.05) is 6.92 Å². The smallest absolute Gasteiger partial charge is 0.217 e. The molecule has 1 unspecified atom stereocenters. The summed E-state index contributed by atoms with van der Waals surface area (Å²) < 4.78 is 18.2. The van der Waals surface area contributed by atoms with E-state index in [1.165, 1.54) is 12.4 Å². The van der Waals surface area contributed by atoms with Gasteiger partial charge in [0.25, 0.3) is 0 Å². The zero-order valence-electron chi connectivity index (χ0n) is 8.66. The van der Waals surface area contributed by atoms with E-state index in [-0.39, 0.29) is 5.54 Å². The quantitative estimate of drug-likeness (QED) is 0.755. The molecule has 15 heavy (non-hydrogen) atoms. The lowest BCUT2D eigenvalue weighted by Gasteiger charge is -2.34. The molecule has 2 rings (SSSR count). The lowest BCUT2D eigenvalue weighted by Crippen LogP contribution is -2.43. The summed E-state index contributed by atoms with van der Waals surface area (Å²) in [6, 6.07) is 1.29. The minimum atomic E-state index is -0.521. The van der Waals surface area contributed by atoms with E-state index in [9.17, 15) is 4.39 Å². The maximum absolute atomic E-state index is 12.8. The Bertz CT molecular complexity index is 339. The van der Waals surface area contributed by atoms with Gasteiger partial charge in [0.15, 0.2) is 0 Å². The molecule has 0 bridgehead atoms. The molecule has 0 saturated carbocycles. The predicted molar refractivity (Wildman–Crippen MR) is 54.1 cm³/mol. The first-order valence-corrected chi connectivity index (χ1v) is 5.01. The Labute approximate surface area is 87.9 Å². The number of anilines is 1. The van der Waals surface area contributed by atoms with Crippen LogP contribution in [0.3, 0.4) is 0 Å². The lowest BCUT2D eigenvalue weighted by molar-refractivity contribution is 0.0538. The second-order valence-electron chi connectivity index (χ2n) is 4.07. The molecular formula is C10H14FN3O. The normalized spacial score (nSPS) is 26.3. The summed E-state index contributed by atoms with van der Waals surface area (Å²) >= 11 is 0. The highest BCUT2D eigenvalue weighted by Gasteiger charge is 2.27. The minimum absolute atomic E-state index is 0.154. The van der Waals surface area contributed by atoms with Crippen molar-refractivity contribution in [1.29, 1.82) is 0 Å². The first-order chi connectivity index (χ1) is 7.18. The first kappa shape index (κ1) is 10.3. The highest BCUT2D eigenvalue weighted by atomic mass is 19.1. The number of hydrogen-bond donors (Lipinski definition) is 1. The second-order valence-corrected chi connectivity index (χ2v) is 4.07. The first-order valence-electron chi connectivity index (χ1n) is 5.01. The lowest BCUT2D eigenvalue weighted by atomic mass is 9.95. The van der Waals surface area contributed by atoms with Gasteiger partial charge < -0.3 is 10.1 Å². The standard InChI is InChI=1S/C10H14FN3O/c1-10(3-2-4-15-6-10)14-9-5-8(11)12-7-13-9/h5,7H,2-4,6H2,1H3,(H,12,13,14). The van der Waals surface area contributed by atoms with Gasteiger partial charge in [-0.1, -0.05) is 0 Å². The van der Waals surface area contributed by atoms with Gasteiger partial charge in [0.1, 0.15) is 12.1 Å². The molecule has 0 amide bonds. The fraction of sp³-hybridized carbons (Fsp3) is 0.600.